The van der Waals surface area contributed by atoms with Crippen molar-refractivity contribution < 1.29 is 44.6 Å². The van der Waals surface area contributed by atoms with Gasteiger partial charge in [0.1, 0.15) is 30.5 Å². The molecule has 1 fully saturated rings. The predicted molar refractivity (Wildman–Crippen MR) is 248 cm³/mol. The van der Waals surface area contributed by atoms with Crippen LogP contribution in [0, 0.1) is 0 Å². The van der Waals surface area contributed by atoms with Gasteiger partial charge in [-0.2, -0.15) is 0 Å². The molecule has 1 heterocycles. The average molecular weight is 869 g/mol. The molecule has 2 unspecified atom stereocenters. The van der Waals surface area contributed by atoms with E-state index in [-0.39, 0.29) is 31.4 Å². The van der Waals surface area contributed by atoms with Crippen LogP contribution in [-0.4, -0.2) is 99.5 Å². The molecular weight excluding hydrogens is 773 g/mol. The van der Waals surface area contributed by atoms with Crippen LogP contribution in [0.25, 0.3) is 0 Å². The zero-order valence-electron chi connectivity index (χ0n) is 39.4. The van der Waals surface area contributed by atoms with Crippen molar-refractivity contribution in [2.24, 2.45) is 0 Å². The first-order valence-corrected chi connectivity index (χ1v) is 25.5. The minimum atomic E-state index is -1.61. The van der Waals surface area contributed by atoms with Crippen LogP contribution >= 0.6 is 0 Å². The molecule has 0 saturated carbocycles. The van der Waals surface area contributed by atoms with Gasteiger partial charge in [0.15, 0.2) is 6.29 Å². The fourth-order valence-corrected chi connectivity index (χ4v) is 8.22. The van der Waals surface area contributed by atoms with E-state index < -0.39 is 49.0 Å². The topological polar surface area (TPSA) is 178 Å². The Kier molecular flexibility index (Phi) is 37.6. The van der Waals surface area contributed by atoms with Crippen molar-refractivity contribution in [2.75, 3.05) is 13.2 Å². The molecule has 0 aromatic carbocycles. The van der Waals surface area contributed by atoms with E-state index in [1.54, 1.807) is 0 Å². The van der Waals surface area contributed by atoms with E-state index in [1.807, 2.05) is 0 Å². The molecule has 11 nitrogen and oxygen atoms in total. The zero-order valence-corrected chi connectivity index (χ0v) is 39.4. The monoisotopic (exact) mass is 869 g/mol. The molecule has 0 spiro atoms. The summed E-state index contributed by atoms with van der Waals surface area (Å²) in [5, 5.41) is 59.1. The molecule has 0 aromatic heterocycles. The Bertz CT molecular complexity index is 1050. The summed E-state index contributed by atoms with van der Waals surface area (Å²) in [6.45, 7) is 5.39. The molecule has 2 amide bonds. The lowest BCUT2D eigenvalue weighted by atomic mass is 9.98. The first-order valence-electron chi connectivity index (χ1n) is 25.5. The van der Waals surface area contributed by atoms with E-state index in [4.69, 9.17) is 9.47 Å². The highest BCUT2D eigenvalue weighted by atomic mass is 16.7. The summed E-state index contributed by atoms with van der Waals surface area (Å²) in [6.07, 6.45) is 33.6. The molecule has 1 rings (SSSR count). The van der Waals surface area contributed by atoms with Crippen molar-refractivity contribution in [3.8, 4) is 0 Å². The third-order valence-electron chi connectivity index (χ3n) is 12.3. The van der Waals surface area contributed by atoms with Gasteiger partial charge in [-0.25, -0.2) is 0 Å². The van der Waals surface area contributed by atoms with Gasteiger partial charge in [-0.3, -0.25) is 9.59 Å². The van der Waals surface area contributed by atoms with Gasteiger partial charge >= 0.3 is 0 Å². The van der Waals surface area contributed by atoms with E-state index in [9.17, 15) is 35.1 Å². The second-order valence-electron chi connectivity index (χ2n) is 18.2. The number of carbonyl (C=O) groups excluding carboxylic acids is 2. The molecule has 1 aliphatic heterocycles. The normalized spacial score (nSPS) is 20.8. The summed E-state index contributed by atoms with van der Waals surface area (Å²) in [4.78, 5) is 24.6. The van der Waals surface area contributed by atoms with Crippen molar-refractivity contribution in [3.05, 3.63) is 12.2 Å². The summed E-state index contributed by atoms with van der Waals surface area (Å²) in [5.41, 5.74) is 0. The Morgan fingerprint density at radius 3 is 1.48 bits per heavy atom. The van der Waals surface area contributed by atoms with Gasteiger partial charge in [-0.15, -0.1) is 0 Å². The van der Waals surface area contributed by atoms with Gasteiger partial charge in [-0.05, 0) is 38.5 Å². The Morgan fingerprint density at radius 2 is 1.02 bits per heavy atom. The Hall–Kier alpha value is -1.60. The van der Waals surface area contributed by atoms with E-state index in [1.165, 1.54) is 155 Å². The molecule has 7 N–H and O–H groups in total. The molecule has 1 aliphatic rings. The van der Waals surface area contributed by atoms with Crippen LogP contribution in [0.2, 0.25) is 0 Å². The highest BCUT2D eigenvalue weighted by Gasteiger charge is 2.45. The molecule has 11 heteroatoms. The molecule has 61 heavy (non-hydrogen) atoms. The van der Waals surface area contributed by atoms with Crippen LogP contribution in [0.1, 0.15) is 233 Å². The smallest absolute Gasteiger partial charge is 0.220 e. The van der Waals surface area contributed by atoms with Crippen molar-refractivity contribution in [1.82, 2.24) is 10.6 Å². The third kappa shape index (κ3) is 31.0. The van der Waals surface area contributed by atoms with Gasteiger partial charge < -0.3 is 45.6 Å². The number of ether oxygens (including phenoxy) is 2. The standard InChI is InChI=1S/C50H96N2O9/c1-4-6-8-10-12-14-16-18-19-20-21-22-23-24-25-26-28-30-32-34-36-38-45(55)52-42(40-60-50-49(59)48(58)47(57)44(61-50)39-51-41(3)53)46(56)43(54)37-35-33-31-29-27-17-15-13-11-9-7-5-2/h18-19,42-44,46-50,54,56-59H,4-17,20-40H2,1-3H3,(H,51,53)(H,52,55)/b19-18-/t42-,43+,44?,46-,47-,48-,49?,50-/m0/s1. The predicted octanol–water partition coefficient (Wildman–Crippen LogP) is 9.62. The molecule has 0 radical (unpaired) electrons. The van der Waals surface area contributed by atoms with Crippen LogP contribution in [0.15, 0.2) is 12.2 Å². The zero-order chi connectivity index (χ0) is 44.8. The molecule has 0 bridgehead atoms. The van der Waals surface area contributed by atoms with Gasteiger partial charge in [0.2, 0.25) is 11.8 Å². The van der Waals surface area contributed by atoms with Crippen LogP contribution in [0.4, 0.5) is 0 Å². The van der Waals surface area contributed by atoms with Crippen LogP contribution in [-0.2, 0) is 19.1 Å². The average Bonchev–Trinajstić information content (AvgIpc) is 3.24. The van der Waals surface area contributed by atoms with Gasteiger partial charge in [0, 0.05) is 19.9 Å². The second-order valence-corrected chi connectivity index (χ2v) is 18.2. The maximum absolute atomic E-state index is 13.1. The van der Waals surface area contributed by atoms with Gasteiger partial charge in [-0.1, -0.05) is 193 Å². The summed E-state index contributed by atoms with van der Waals surface area (Å²) in [6, 6.07) is -1.00. The third-order valence-corrected chi connectivity index (χ3v) is 12.3. The fraction of sp³-hybridized carbons (Fsp3) is 0.920. The highest BCUT2D eigenvalue weighted by molar-refractivity contribution is 5.76. The molecule has 360 valence electrons. The molecule has 0 aliphatic carbocycles. The number of rotatable bonds is 42. The number of aliphatic hydroxyl groups is 5. The Balaban J connectivity index is 2.41. The number of allylic oxidation sites excluding steroid dienone is 2. The minimum absolute atomic E-state index is 0.113. The maximum Gasteiger partial charge on any atom is 0.220 e. The Labute approximate surface area is 373 Å². The van der Waals surface area contributed by atoms with E-state index in [0.29, 0.717) is 12.8 Å². The van der Waals surface area contributed by atoms with Crippen molar-refractivity contribution >= 4 is 11.8 Å². The van der Waals surface area contributed by atoms with Gasteiger partial charge in [0.05, 0.1) is 18.8 Å². The quantitative estimate of drug-likeness (QED) is 0.0233. The number of nitrogens with one attached hydrogen (secondary N) is 2. The second kappa shape index (κ2) is 40.0. The van der Waals surface area contributed by atoms with Crippen LogP contribution in [0.3, 0.4) is 0 Å². The molecule has 1 saturated heterocycles. The van der Waals surface area contributed by atoms with Crippen molar-refractivity contribution in [3.63, 3.8) is 0 Å². The summed E-state index contributed by atoms with van der Waals surface area (Å²) in [7, 11) is 0. The number of aliphatic hydroxyl groups excluding tert-OH is 5. The first kappa shape index (κ1) is 57.4. The molecule has 8 atom stereocenters. The lowest BCUT2D eigenvalue weighted by Crippen LogP contribution is -2.61. The molecule has 0 aromatic rings. The number of unbranched alkanes of at least 4 members (excludes halogenated alkanes) is 28. The van der Waals surface area contributed by atoms with Crippen molar-refractivity contribution in [2.45, 2.75) is 282 Å². The number of amides is 2. The maximum atomic E-state index is 13.1. The number of carbonyl (C=O) groups is 2. The van der Waals surface area contributed by atoms with Gasteiger partial charge in [0.25, 0.3) is 0 Å². The van der Waals surface area contributed by atoms with Crippen LogP contribution < -0.4 is 10.6 Å². The largest absolute Gasteiger partial charge is 0.390 e. The number of hydrogen-bond donors (Lipinski definition) is 7. The van der Waals surface area contributed by atoms with E-state index in [0.717, 1.165) is 44.9 Å². The SMILES string of the molecule is CCCCCCCC/C=C\CCCCCCCCCCCCCC(=O)N[C@@H](CO[C@H]1OC(CNC(C)=O)[C@H](O)[C@H](O)C1O)[C@H](O)[C@H](O)CCCCCCCCCCCCCC. The van der Waals surface area contributed by atoms with Crippen LogP contribution in [0.5, 0.6) is 0 Å². The lowest BCUT2D eigenvalue weighted by Gasteiger charge is -2.41. The van der Waals surface area contributed by atoms with Crippen molar-refractivity contribution in [1.29, 1.82) is 0 Å². The lowest BCUT2D eigenvalue weighted by molar-refractivity contribution is -0.297. The summed E-state index contributed by atoms with van der Waals surface area (Å²) >= 11 is 0. The minimum Gasteiger partial charge on any atom is -0.390 e. The molecular formula is C50H96N2O9. The number of hydrogen-bond acceptors (Lipinski definition) is 9. The fourth-order valence-electron chi connectivity index (χ4n) is 8.22. The first-order chi connectivity index (χ1) is 29.6. The Morgan fingerprint density at radius 1 is 0.590 bits per heavy atom. The highest BCUT2D eigenvalue weighted by Crippen LogP contribution is 2.23. The summed E-state index contributed by atoms with van der Waals surface area (Å²) in [5.74, 6) is -0.613. The summed E-state index contributed by atoms with van der Waals surface area (Å²) < 4.78 is 11.5. The van der Waals surface area contributed by atoms with E-state index in [2.05, 4.69) is 36.6 Å². The van der Waals surface area contributed by atoms with E-state index >= 15 is 0 Å².